The highest BCUT2D eigenvalue weighted by molar-refractivity contribution is 6.30. The van der Waals surface area contributed by atoms with Crippen LogP contribution in [-0.4, -0.2) is 43.3 Å². The van der Waals surface area contributed by atoms with E-state index in [1.165, 1.54) is 12.1 Å². The summed E-state index contributed by atoms with van der Waals surface area (Å²) in [4.78, 5) is 16.7. The third-order valence-electron chi connectivity index (χ3n) is 5.19. The molecule has 2 saturated heterocycles. The number of hydrogen-bond acceptors (Lipinski definition) is 4. The van der Waals surface area contributed by atoms with E-state index in [1.54, 1.807) is 0 Å². The van der Waals surface area contributed by atoms with Crippen LogP contribution < -0.4 is 15.5 Å². The van der Waals surface area contributed by atoms with Crippen LogP contribution in [0.15, 0.2) is 48.5 Å². The second-order valence-corrected chi connectivity index (χ2v) is 7.38. The van der Waals surface area contributed by atoms with Crippen molar-refractivity contribution >= 4 is 23.2 Å². The van der Waals surface area contributed by atoms with Gasteiger partial charge in [0, 0.05) is 49.4 Å². The lowest BCUT2D eigenvalue weighted by atomic mass is 10.0. The molecule has 2 aliphatic rings. The van der Waals surface area contributed by atoms with Crippen molar-refractivity contribution in [1.29, 1.82) is 0 Å². The molecule has 2 fully saturated rings. The summed E-state index contributed by atoms with van der Waals surface area (Å²) in [7, 11) is 0. The van der Waals surface area contributed by atoms with Crippen LogP contribution in [0.2, 0.25) is 5.02 Å². The Labute approximate surface area is 163 Å². The fourth-order valence-electron chi connectivity index (χ4n) is 3.68. The molecule has 2 atom stereocenters. The van der Waals surface area contributed by atoms with Crippen molar-refractivity contribution in [3.05, 3.63) is 64.9 Å². The summed E-state index contributed by atoms with van der Waals surface area (Å²) in [6, 6.07) is 14.2. The topological polar surface area (TPSA) is 47.6 Å². The SMILES string of the molecule is O=C1CC(c2ccc(Cl)cc2)NC(N2CCN(c3ccc(F)cc3)CC2)N1. The molecule has 5 nitrogen and oxygen atoms in total. The molecule has 27 heavy (non-hydrogen) atoms. The van der Waals surface area contributed by atoms with Gasteiger partial charge in [-0.05, 0) is 42.0 Å². The fourth-order valence-corrected chi connectivity index (χ4v) is 3.81. The molecule has 4 rings (SSSR count). The van der Waals surface area contributed by atoms with Crippen molar-refractivity contribution in [2.75, 3.05) is 31.1 Å². The molecule has 0 aromatic heterocycles. The molecule has 2 aliphatic heterocycles. The number of carbonyl (C=O) groups is 1. The van der Waals surface area contributed by atoms with Crippen LogP contribution in [0.3, 0.4) is 0 Å². The van der Waals surface area contributed by atoms with Gasteiger partial charge in [0.2, 0.25) is 5.91 Å². The molecule has 2 N–H and O–H groups in total. The van der Waals surface area contributed by atoms with Crippen LogP contribution >= 0.6 is 11.6 Å². The average Bonchev–Trinajstić information content (AvgIpc) is 2.69. The molecular weight excluding hydrogens is 367 g/mol. The zero-order valence-electron chi connectivity index (χ0n) is 14.9. The number of piperazine rings is 1. The van der Waals surface area contributed by atoms with Crippen molar-refractivity contribution in [2.45, 2.75) is 18.8 Å². The molecular formula is C20H22ClFN4O. The van der Waals surface area contributed by atoms with Gasteiger partial charge in [-0.15, -0.1) is 0 Å². The summed E-state index contributed by atoms with van der Waals surface area (Å²) in [5, 5.41) is 7.26. The zero-order valence-corrected chi connectivity index (χ0v) is 15.6. The first-order valence-corrected chi connectivity index (χ1v) is 9.52. The van der Waals surface area contributed by atoms with Crippen molar-refractivity contribution in [3.63, 3.8) is 0 Å². The van der Waals surface area contributed by atoms with Crippen molar-refractivity contribution in [3.8, 4) is 0 Å². The molecule has 7 heteroatoms. The largest absolute Gasteiger partial charge is 0.369 e. The van der Waals surface area contributed by atoms with E-state index < -0.39 is 0 Å². The predicted octanol–water partition coefficient (Wildman–Crippen LogP) is 2.74. The quantitative estimate of drug-likeness (QED) is 0.848. The number of rotatable bonds is 3. The van der Waals surface area contributed by atoms with E-state index in [-0.39, 0.29) is 24.1 Å². The maximum absolute atomic E-state index is 13.1. The van der Waals surface area contributed by atoms with E-state index >= 15 is 0 Å². The van der Waals surface area contributed by atoms with Gasteiger partial charge in [0.25, 0.3) is 0 Å². The van der Waals surface area contributed by atoms with Gasteiger partial charge in [-0.1, -0.05) is 23.7 Å². The van der Waals surface area contributed by atoms with Crippen LogP contribution in [0.4, 0.5) is 10.1 Å². The average molecular weight is 389 g/mol. The molecule has 2 aromatic carbocycles. The minimum absolute atomic E-state index is 0.0313. The second-order valence-electron chi connectivity index (χ2n) is 6.94. The van der Waals surface area contributed by atoms with Crippen molar-refractivity contribution < 1.29 is 9.18 Å². The van der Waals surface area contributed by atoms with E-state index in [0.29, 0.717) is 11.4 Å². The number of hydrogen-bond donors (Lipinski definition) is 2. The Balaban J connectivity index is 1.39. The lowest BCUT2D eigenvalue weighted by Gasteiger charge is -2.43. The smallest absolute Gasteiger partial charge is 0.224 e. The van der Waals surface area contributed by atoms with Gasteiger partial charge in [-0.3, -0.25) is 15.0 Å². The van der Waals surface area contributed by atoms with E-state index in [9.17, 15) is 9.18 Å². The molecule has 1 amide bonds. The monoisotopic (exact) mass is 388 g/mol. The van der Waals surface area contributed by atoms with Gasteiger partial charge in [0.1, 0.15) is 12.1 Å². The molecule has 142 valence electrons. The Kier molecular flexibility index (Phi) is 5.29. The van der Waals surface area contributed by atoms with Gasteiger partial charge >= 0.3 is 0 Å². The number of anilines is 1. The summed E-state index contributed by atoms with van der Waals surface area (Å²) in [5.74, 6) is -0.181. The molecule has 2 aromatic rings. The first kappa shape index (κ1) is 18.2. The van der Waals surface area contributed by atoms with Crippen LogP contribution in [0.1, 0.15) is 18.0 Å². The van der Waals surface area contributed by atoms with E-state index in [4.69, 9.17) is 11.6 Å². The Bertz CT molecular complexity index is 791. The van der Waals surface area contributed by atoms with Crippen LogP contribution in [0, 0.1) is 5.82 Å². The zero-order chi connectivity index (χ0) is 18.8. The van der Waals surface area contributed by atoms with Crippen molar-refractivity contribution in [1.82, 2.24) is 15.5 Å². The lowest BCUT2D eigenvalue weighted by molar-refractivity contribution is -0.127. The molecule has 2 unspecified atom stereocenters. The number of nitrogens with zero attached hydrogens (tertiary/aromatic N) is 2. The van der Waals surface area contributed by atoms with E-state index in [2.05, 4.69) is 20.4 Å². The molecule has 0 radical (unpaired) electrons. The van der Waals surface area contributed by atoms with Crippen molar-refractivity contribution in [2.24, 2.45) is 0 Å². The summed E-state index contributed by atoms with van der Waals surface area (Å²) >= 11 is 5.97. The summed E-state index contributed by atoms with van der Waals surface area (Å²) in [5.41, 5.74) is 2.08. The molecule has 0 spiro atoms. The highest BCUT2D eigenvalue weighted by atomic mass is 35.5. The normalized spacial score (nSPS) is 23.9. The van der Waals surface area contributed by atoms with Gasteiger partial charge in [-0.25, -0.2) is 4.39 Å². The summed E-state index contributed by atoms with van der Waals surface area (Å²) in [6.45, 7) is 3.27. The minimum atomic E-state index is -0.222. The molecule has 2 heterocycles. The maximum atomic E-state index is 13.1. The van der Waals surface area contributed by atoms with Crippen LogP contribution in [-0.2, 0) is 4.79 Å². The number of halogens is 2. The second kappa shape index (κ2) is 7.84. The number of nitrogens with one attached hydrogen (secondary N) is 2. The van der Waals surface area contributed by atoms with E-state index in [1.807, 2.05) is 36.4 Å². The third-order valence-corrected chi connectivity index (χ3v) is 5.44. The number of carbonyl (C=O) groups excluding carboxylic acids is 1. The maximum Gasteiger partial charge on any atom is 0.224 e. The highest BCUT2D eigenvalue weighted by Gasteiger charge is 2.32. The highest BCUT2D eigenvalue weighted by Crippen LogP contribution is 2.24. The Morgan fingerprint density at radius 2 is 1.63 bits per heavy atom. The van der Waals surface area contributed by atoms with Gasteiger partial charge in [0.15, 0.2) is 0 Å². The molecule has 0 saturated carbocycles. The first-order chi connectivity index (χ1) is 13.1. The Morgan fingerprint density at radius 1 is 0.963 bits per heavy atom. The van der Waals surface area contributed by atoms with Gasteiger partial charge in [-0.2, -0.15) is 0 Å². The Morgan fingerprint density at radius 3 is 2.30 bits per heavy atom. The van der Waals surface area contributed by atoms with E-state index in [0.717, 1.165) is 37.4 Å². The fraction of sp³-hybridized carbons (Fsp3) is 0.350. The first-order valence-electron chi connectivity index (χ1n) is 9.14. The van der Waals surface area contributed by atoms with Crippen LogP contribution in [0.5, 0.6) is 0 Å². The van der Waals surface area contributed by atoms with Gasteiger partial charge in [0.05, 0.1) is 0 Å². The number of amides is 1. The van der Waals surface area contributed by atoms with Gasteiger partial charge < -0.3 is 10.2 Å². The molecule has 0 aliphatic carbocycles. The standard InChI is InChI=1S/C20H22ClFN4O/c21-15-3-1-14(2-4-15)18-13-19(27)24-20(23-18)26-11-9-25(10-12-26)17-7-5-16(22)6-8-17/h1-8,18,20,23H,9-13H2,(H,24,27). The summed E-state index contributed by atoms with van der Waals surface area (Å²) < 4.78 is 13.1. The lowest BCUT2D eigenvalue weighted by Crippen LogP contribution is -2.64. The minimum Gasteiger partial charge on any atom is -0.369 e. The third kappa shape index (κ3) is 4.24. The summed E-state index contributed by atoms with van der Waals surface area (Å²) in [6.07, 6.45) is 0.218. The molecule has 0 bridgehead atoms. The Hall–Kier alpha value is -2.15. The van der Waals surface area contributed by atoms with Crippen LogP contribution in [0.25, 0.3) is 0 Å². The predicted molar refractivity (Wildman–Crippen MR) is 104 cm³/mol. The number of benzene rings is 2.